The third-order valence-electron chi connectivity index (χ3n) is 3.27. The highest BCUT2D eigenvalue weighted by Crippen LogP contribution is 2.34. The van der Waals surface area contributed by atoms with Crippen molar-refractivity contribution in [2.45, 2.75) is 63.8 Å². The Balaban J connectivity index is 2.54. The van der Waals surface area contributed by atoms with E-state index in [1.165, 1.54) is 12.8 Å². The summed E-state index contributed by atoms with van der Waals surface area (Å²) < 4.78 is 0. The van der Waals surface area contributed by atoms with Crippen LogP contribution in [0.15, 0.2) is 4.99 Å². The van der Waals surface area contributed by atoms with Gasteiger partial charge in [-0.3, -0.25) is 4.79 Å². The van der Waals surface area contributed by atoms with Crippen molar-refractivity contribution in [2.24, 2.45) is 4.99 Å². The van der Waals surface area contributed by atoms with E-state index in [0.717, 1.165) is 25.7 Å². The molecule has 0 aromatic carbocycles. The molecule has 84 valence electrons. The molecular formula is C12H19NO2. The summed E-state index contributed by atoms with van der Waals surface area (Å²) >= 11 is 0. The van der Waals surface area contributed by atoms with E-state index in [4.69, 9.17) is 0 Å². The number of rotatable bonds is 5. The molecule has 1 fully saturated rings. The molecule has 0 spiro atoms. The zero-order chi connectivity index (χ0) is 11.1. The van der Waals surface area contributed by atoms with Crippen LogP contribution in [-0.2, 0) is 9.59 Å². The average molecular weight is 209 g/mol. The van der Waals surface area contributed by atoms with E-state index in [0.29, 0.717) is 18.6 Å². The number of ketones is 1. The third-order valence-corrected chi connectivity index (χ3v) is 3.27. The summed E-state index contributed by atoms with van der Waals surface area (Å²) in [6, 6.07) is 0. The second-order valence-corrected chi connectivity index (χ2v) is 4.42. The number of nitrogens with zero attached hydrogens (tertiary/aromatic N) is 1. The lowest BCUT2D eigenvalue weighted by molar-refractivity contribution is -0.121. The Bertz CT molecular complexity index is 257. The van der Waals surface area contributed by atoms with E-state index < -0.39 is 0 Å². The maximum absolute atomic E-state index is 11.1. The molecule has 0 atom stereocenters. The number of isocyanates is 1. The topological polar surface area (TPSA) is 46.5 Å². The molecule has 1 saturated carbocycles. The van der Waals surface area contributed by atoms with Gasteiger partial charge in [-0.15, -0.1) is 0 Å². The smallest absolute Gasteiger partial charge is 0.235 e. The number of Topliss-reactive ketones (excluding diaryl/α,β-unsaturated/α-hetero) is 1. The predicted molar refractivity (Wildman–Crippen MR) is 58.5 cm³/mol. The van der Waals surface area contributed by atoms with Gasteiger partial charge >= 0.3 is 0 Å². The molecule has 3 nitrogen and oxygen atoms in total. The molecule has 0 aliphatic heterocycles. The van der Waals surface area contributed by atoms with Crippen LogP contribution >= 0.6 is 0 Å². The molecule has 0 N–H and O–H groups in total. The first-order valence-electron chi connectivity index (χ1n) is 5.83. The number of carbonyl (C=O) groups is 1. The Hall–Kier alpha value is -0.950. The third kappa shape index (κ3) is 3.60. The van der Waals surface area contributed by atoms with Crippen molar-refractivity contribution >= 4 is 11.9 Å². The fourth-order valence-corrected chi connectivity index (χ4v) is 2.21. The zero-order valence-corrected chi connectivity index (χ0v) is 9.42. The van der Waals surface area contributed by atoms with Gasteiger partial charge in [0.05, 0.1) is 5.54 Å². The lowest BCUT2D eigenvalue weighted by atomic mass is 9.78. The fraction of sp³-hybridized carbons (Fsp3) is 0.833. The zero-order valence-electron chi connectivity index (χ0n) is 9.42. The highest BCUT2D eigenvalue weighted by molar-refractivity contribution is 5.79. The molecule has 0 bridgehead atoms. The Morgan fingerprint density at radius 2 is 2.00 bits per heavy atom. The van der Waals surface area contributed by atoms with Gasteiger partial charge in [0, 0.05) is 12.8 Å². The van der Waals surface area contributed by atoms with Gasteiger partial charge in [-0.1, -0.05) is 26.2 Å². The molecule has 0 heterocycles. The van der Waals surface area contributed by atoms with Crippen LogP contribution in [0, 0.1) is 0 Å². The molecule has 0 aromatic rings. The molecule has 1 rings (SSSR count). The highest BCUT2D eigenvalue weighted by atomic mass is 16.1. The lowest BCUT2D eigenvalue weighted by Crippen LogP contribution is -2.32. The van der Waals surface area contributed by atoms with Gasteiger partial charge in [-0.05, 0) is 19.3 Å². The molecule has 1 aliphatic carbocycles. The summed E-state index contributed by atoms with van der Waals surface area (Å²) in [4.78, 5) is 25.5. The molecular weight excluding hydrogens is 190 g/mol. The standard InChI is InChI=1S/C12H19NO2/c1-2-3-4-7-12(13-10-14)8-5-11(15)6-9-12/h2-9H2,1H3. The molecule has 0 saturated heterocycles. The van der Waals surface area contributed by atoms with Gasteiger partial charge in [-0.2, -0.15) is 4.99 Å². The molecule has 0 amide bonds. The van der Waals surface area contributed by atoms with Gasteiger partial charge in [0.1, 0.15) is 5.78 Å². The molecule has 0 unspecified atom stereocenters. The monoisotopic (exact) mass is 209 g/mol. The van der Waals surface area contributed by atoms with Gasteiger partial charge in [0.25, 0.3) is 0 Å². The Morgan fingerprint density at radius 1 is 1.33 bits per heavy atom. The molecule has 3 heteroatoms. The molecule has 0 aromatic heterocycles. The number of unbranched alkanes of at least 4 members (excludes halogenated alkanes) is 2. The first-order valence-corrected chi connectivity index (χ1v) is 5.83. The van der Waals surface area contributed by atoms with Crippen LogP contribution in [0.2, 0.25) is 0 Å². The number of aliphatic imine (C=N–C) groups is 1. The van der Waals surface area contributed by atoms with Gasteiger partial charge in [0.2, 0.25) is 6.08 Å². The number of carbonyl (C=O) groups excluding carboxylic acids is 2. The maximum Gasteiger partial charge on any atom is 0.235 e. The summed E-state index contributed by atoms with van der Waals surface area (Å²) in [5.74, 6) is 0.308. The van der Waals surface area contributed by atoms with Crippen LogP contribution in [0.4, 0.5) is 0 Å². The van der Waals surface area contributed by atoms with E-state index in [-0.39, 0.29) is 5.54 Å². The van der Waals surface area contributed by atoms with Crippen molar-refractivity contribution in [1.82, 2.24) is 0 Å². The summed E-state index contributed by atoms with van der Waals surface area (Å²) in [5.41, 5.74) is -0.259. The van der Waals surface area contributed by atoms with Crippen LogP contribution in [-0.4, -0.2) is 17.4 Å². The average Bonchev–Trinajstić information content (AvgIpc) is 2.23. The van der Waals surface area contributed by atoms with Crippen molar-refractivity contribution < 1.29 is 9.59 Å². The van der Waals surface area contributed by atoms with E-state index in [2.05, 4.69) is 11.9 Å². The van der Waals surface area contributed by atoms with E-state index in [1.54, 1.807) is 6.08 Å². The Labute approximate surface area is 91.0 Å². The first kappa shape index (κ1) is 12.1. The Morgan fingerprint density at radius 3 is 2.53 bits per heavy atom. The van der Waals surface area contributed by atoms with E-state index in [1.807, 2.05) is 0 Å². The van der Waals surface area contributed by atoms with Gasteiger partial charge in [-0.25, -0.2) is 4.79 Å². The number of hydrogen-bond acceptors (Lipinski definition) is 3. The SMILES string of the molecule is CCCCCC1(N=C=O)CCC(=O)CC1. The minimum absolute atomic E-state index is 0.259. The van der Waals surface area contributed by atoms with Crippen molar-refractivity contribution in [3.8, 4) is 0 Å². The lowest BCUT2D eigenvalue weighted by Gasteiger charge is -2.31. The predicted octanol–water partition coefficient (Wildman–Crippen LogP) is 2.78. The normalized spacial score (nSPS) is 19.7. The highest BCUT2D eigenvalue weighted by Gasteiger charge is 2.33. The van der Waals surface area contributed by atoms with Crippen molar-refractivity contribution in [2.75, 3.05) is 0 Å². The molecule has 15 heavy (non-hydrogen) atoms. The first-order chi connectivity index (χ1) is 7.22. The second kappa shape index (κ2) is 5.82. The molecule has 0 radical (unpaired) electrons. The van der Waals surface area contributed by atoms with Crippen LogP contribution < -0.4 is 0 Å². The van der Waals surface area contributed by atoms with Crippen LogP contribution in [0.25, 0.3) is 0 Å². The Kier molecular flexibility index (Phi) is 4.70. The largest absolute Gasteiger partial charge is 0.300 e. The van der Waals surface area contributed by atoms with Crippen LogP contribution in [0.5, 0.6) is 0 Å². The van der Waals surface area contributed by atoms with E-state index in [9.17, 15) is 9.59 Å². The maximum atomic E-state index is 11.1. The van der Waals surface area contributed by atoms with Crippen molar-refractivity contribution in [3.05, 3.63) is 0 Å². The molecule has 1 aliphatic rings. The van der Waals surface area contributed by atoms with Crippen LogP contribution in [0.1, 0.15) is 58.3 Å². The minimum Gasteiger partial charge on any atom is -0.300 e. The summed E-state index contributed by atoms with van der Waals surface area (Å²) in [6.07, 6.45) is 8.69. The summed E-state index contributed by atoms with van der Waals surface area (Å²) in [6.45, 7) is 2.15. The second-order valence-electron chi connectivity index (χ2n) is 4.42. The van der Waals surface area contributed by atoms with E-state index >= 15 is 0 Å². The summed E-state index contributed by atoms with van der Waals surface area (Å²) in [7, 11) is 0. The number of hydrogen-bond donors (Lipinski definition) is 0. The van der Waals surface area contributed by atoms with Crippen molar-refractivity contribution in [3.63, 3.8) is 0 Å². The van der Waals surface area contributed by atoms with Crippen LogP contribution in [0.3, 0.4) is 0 Å². The van der Waals surface area contributed by atoms with Crippen molar-refractivity contribution in [1.29, 1.82) is 0 Å². The quantitative estimate of drug-likeness (QED) is 0.397. The van der Waals surface area contributed by atoms with Gasteiger partial charge in [0.15, 0.2) is 0 Å². The van der Waals surface area contributed by atoms with Gasteiger partial charge < -0.3 is 0 Å². The fourth-order valence-electron chi connectivity index (χ4n) is 2.21. The summed E-state index contributed by atoms with van der Waals surface area (Å²) in [5, 5.41) is 0. The minimum atomic E-state index is -0.259.